The van der Waals surface area contributed by atoms with Crippen LogP contribution in [0.2, 0.25) is 5.02 Å². The zero-order valence-corrected chi connectivity index (χ0v) is 17.3. The second-order valence-electron chi connectivity index (χ2n) is 7.26. The van der Waals surface area contributed by atoms with Gasteiger partial charge < -0.3 is 9.42 Å². The number of nitrogens with zero attached hydrogens (tertiary/aromatic N) is 4. The lowest BCUT2D eigenvalue weighted by Gasteiger charge is -2.34. The summed E-state index contributed by atoms with van der Waals surface area (Å²) in [6.07, 6.45) is -4.47. The minimum Gasteiger partial charge on any atom is -0.338 e. The van der Waals surface area contributed by atoms with E-state index in [9.17, 15) is 22.4 Å². The van der Waals surface area contributed by atoms with Crippen LogP contribution in [0.3, 0.4) is 0 Å². The van der Waals surface area contributed by atoms with E-state index in [1.165, 1.54) is 35.2 Å². The average Bonchev–Trinajstić information content (AvgIpc) is 3.22. The summed E-state index contributed by atoms with van der Waals surface area (Å²) in [6.45, 7) is 1.91. The number of hydrogen-bond acceptors (Lipinski definition) is 5. The number of amides is 1. The van der Waals surface area contributed by atoms with E-state index in [2.05, 4.69) is 10.1 Å². The van der Waals surface area contributed by atoms with Crippen LogP contribution in [0.15, 0.2) is 47.0 Å². The largest absolute Gasteiger partial charge is 0.416 e. The highest BCUT2D eigenvalue weighted by Gasteiger charge is 2.31. The number of rotatable bonds is 4. The Labute approximate surface area is 185 Å². The van der Waals surface area contributed by atoms with Crippen molar-refractivity contribution in [3.05, 3.63) is 70.3 Å². The second kappa shape index (κ2) is 8.87. The molecule has 1 aromatic heterocycles. The lowest BCUT2D eigenvalue weighted by atomic mass is 10.1. The fraction of sp³-hybridized carbons (Fsp3) is 0.286. The summed E-state index contributed by atoms with van der Waals surface area (Å²) in [7, 11) is 0. The first-order valence-corrected chi connectivity index (χ1v) is 10.1. The van der Waals surface area contributed by atoms with E-state index in [1.54, 1.807) is 0 Å². The zero-order valence-electron chi connectivity index (χ0n) is 16.6. The molecule has 6 nitrogen and oxygen atoms in total. The highest BCUT2D eigenvalue weighted by atomic mass is 35.5. The van der Waals surface area contributed by atoms with Crippen molar-refractivity contribution in [1.82, 2.24) is 19.9 Å². The molecule has 4 rings (SSSR count). The number of hydrogen-bond donors (Lipinski definition) is 0. The van der Waals surface area contributed by atoms with Crippen LogP contribution in [-0.2, 0) is 12.7 Å². The minimum atomic E-state index is -4.47. The van der Waals surface area contributed by atoms with Crippen molar-refractivity contribution in [1.29, 1.82) is 0 Å². The van der Waals surface area contributed by atoms with E-state index < -0.39 is 23.5 Å². The maximum Gasteiger partial charge on any atom is 0.416 e. The molecule has 168 valence electrons. The number of aromatic nitrogens is 2. The molecule has 32 heavy (non-hydrogen) atoms. The van der Waals surface area contributed by atoms with E-state index >= 15 is 0 Å². The standard InChI is InChI=1S/C21H17ClF4N4O2/c22-15-5-2-6-16(23)18(15)20(31)30-9-7-29(8-10-30)12-17-27-19(28-32-17)13-3-1-4-14(11-13)21(24,25)26/h1-6,11H,7-10,12H2. The molecule has 1 saturated heterocycles. The quantitative estimate of drug-likeness (QED) is 0.527. The maximum absolute atomic E-state index is 14.0. The number of piperazine rings is 1. The first kappa shape index (κ1) is 22.2. The third kappa shape index (κ3) is 4.76. The third-order valence-corrected chi connectivity index (χ3v) is 5.43. The van der Waals surface area contributed by atoms with Crippen molar-refractivity contribution in [2.24, 2.45) is 0 Å². The van der Waals surface area contributed by atoms with Gasteiger partial charge in [0, 0.05) is 31.7 Å². The van der Waals surface area contributed by atoms with Gasteiger partial charge >= 0.3 is 6.18 Å². The number of alkyl halides is 3. The molecule has 0 atom stereocenters. The summed E-state index contributed by atoms with van der Waals surface area (Å²) in [4.78, 5) is 20.3. The molecule has 0 spiro atoms. The molecule has 0 saturated carbocycles. The molecular formula is C21H17ClF4N4O2. The third-order valence-electron chi connectivity index (χ3n) is 5.11. The van der Waals surface area contributed by atoms with Gasteiger partial charge in [-0.15, -0.1) is 0 Å². The van der Waals surface area contributed by atoms with E-state index in [1.807, 2.05) is 4.90 Å². The number of halogens is 5. The minimum absolute atomic E-state index is 0.0606. The van der Waals surface area contributed by atoms with Gasteiger partial charge in [-0.2, -0.15) is 18.2 Å². The molecule has 1 amide bonds. The van der Waals surface area contributed by atoms with Gasteiger partial charge in [0.15, 0.2) is 0 Å². The second-order valence-corrected chi connectivity index (χ2v) is 7.66. The van der Waals surface area contributed by atoms with Gasteiger partial charge in [-0.1, -0.05) is 35.0 Å². The summed E-state index contributed by atoms with van der Waals surface area (Å²) in [5.74, 6) is -0.835. The van der Waals surface area contributed by atoms with Gasteiger partial charge in [0.2, 0.25) is 11.7 Å². The van der Waals surface area contributed by atoms with E-state index in [-0.39, 0.29) is 34.4 Å². The Morgan fingerprint density at radius 1 is 1.09 bits per heavy atom. The van der Waals surface area contributed by atoms with Crippen LogP contribution in [-0.4, -0.2) is 52.0 Å². The fourth-order valence-corrected chi connectivity index (χ4v) is 3.68. The normalized spacial score (nSPS) is 15.2. The SMILES string of the molecule is O=C(c1c(F)cccc1Cl)N1CCN(Cc2nc(-c3cccc(C(F)(F)F)c3)no2)CC1. The summed E-state index contributed by atoms with van der Waals surface area (Å²) in [6, 6.07) is 8.78. The van der Waals surface area contributed by atoms with E-state index in [0.717, 1.165) is 12.1 Å². The van der Waals surface area contributed by atoms with Crippen molar-refractivity contribution in [2.75, 3.05) is 26.2 Å². The molecule has 0 bridgehead atoms. The van der Waals surface area contributed by atoms with Crippen LogP contribution < -0.4 is 0 Å². The van der Waals surface area contributed by atoms with Gasteiger partial charge in [0.05, 0.1) is 22.7 Å². The van der Waals surface area contributed by atoms with Crippen molar-refractivity contribution in [3.63, 3.8) is 0 Å². The molecule has 3 aromatic rings. The summed E-state index contributed by atoms with van der Waals surface area (Å²) < 4.78 is 57.9. The van der Waals surface area contributed by atoms with Gasteiger partial charge in [0.1, 0.15) is 5.82 Å². The Bertz CT molecular complexity index is 1110. The molecule has 0 aliphatic carbocycles. The van der Waals surface area contributed by atoms with Gasteiger partial charge in [-0.25, -0.2) is 4.39 Å². The van der Waals surface area contributed by atoms with E-state index in [4.69, 9.17) is 16.1 Å². The average molecular weight is 469 g/mol. The Morgan fingerprint density at radius 2 is 1.81 bits per heavy atom. The lowest BCUT2D eigenvalue weighted by molar-refractivity contribution is -0.137. The molecule has 0 unspecified atom stereocenters. The Balaban J connectivity index is 1.38. The maximum atomic E-state index is 14.0. The van der Waals surface area contributed by atoms with Crippen LogP contribution in [0.5, 0.6) is 0 Å². The molecular weight excluding hydrogens is 452 g/mol. The van der Waals surface area contributed by atoms with Crippen molar-refractivity contribution >= 4 is 17.5 Å². The van der Waals surface area contributed by atoms with Crippen LogP contribution in [0.1, 0.15) is 21.8 Å². The van der Waals surface area contributed by atoms with E-state index in [0.29, 0.717) is 26.2 Å². The van der Waals surface area contributed by atoms with Crippen LogP contribution in [0.25, 0.3) is 11.4 Å². The summed E-state index contributed by atoms with van der Waals surface area (Å²) in [5, 5.41) is 3.84. The predicted molar refractivity (Wildman–Crippen MR) is 107 cm³/mol. The van der Waals surface area contributed by atoms with Crippen LogP contribution >= 0.6 is 11.6 Å². The molecule has 11 heteroatoms. The Hall–Kier alpha value is -2.98. The number of carbonyl (C=O) groups excluding carboxylic acids is 1. The molecule has 0 radical (unpaired) electrons. The van der Waals surface area contributed by atoms with Crippen LogP contribution in [0.4, 0.5) is 17.6 Å². The molecule has 1 aliphatic heterocycles. The van der Waals surface area contributed by atoms with Crippen molar-refractivity contribution in [2.45, 2.75) is 12.7 Å². The van der Waals surface area contributed by atoms with Crippen molar-refractivity contribution in [3.8, 4) is 11.4 Å². The summed E-state index contributed by atoms with van der Waals surface area (Å²) >= 11 is 5.98. The number of benzene rings is 2. The first-order valence-electron chi connectivity index (χ1n) is 9.68. The number of carbonyl (C=O) groups is 1. The topological polar surface area (TPSA) is 62.5 Å². The van der Waals surface area contributed by atoms with Crippen molar-refractivity contribution < 1.29 is 26.9 Å². The zero-order chi connectivity index (χ0) is 22.9. The molecule has 1 fully saturated rings. The molecule has 2 heterocycles. The lowest BCUT2D eigenvalue weighted by Crippen LogP contribution is -2.48. The Morgan fingerprint density at radius 3 is 2.50 bits per heavy atom. The van der Waals surface area contributed by atoms with Gasteiger partial charge in [0.25, 0.3) is 5.91 Å². The molecule has 0 N–H and O–H groups in total. The molecule has 1 aliphatic rings. The molecule has 2 aromatic carbocycles. The summed E-state index contributed by atoms with van der Waals surface area (Å²) in [5.41, 5.74) is -0.741. The highest BCUT2D eigenvalue weighted by molar-refractivity contribution is 6.33. The fourth-order valence-electron chi connectivity index (χ4n) is 3.43. The first-order chi connectivity index (χ1) is 15.2. The highest BCUT2D eigenvalue weighted by Crippen LogP contribution is 2.31. The smallest absolute Gasteiger partial charge is 0.338 e. The van der Waals surface area contributed by atoms with Gasteiger partial charge in [-0.05, 0) is 24.3 Å². The predicted octanol–water partition coefficient (Wildman–Crippen LogP) is 4.51. The van der Waals surface area contributed by atoms with Crippen LogP contribution in [0, 0.1) is 5.82 Å². The monoisotopic (exact) mass is 468 g/mol. The van der Waals surface area contributed by atoms with Gasteiger partial charge in [-0.3, -0.25) is 9.69 Å². The Kier molecular flexibility index (Phi) is 6.16.